The predicted molar refractivity (Wildman–Crippen MR) is 81.0 cm³/mol. The molecule has 0 atom stereocenters. The number of aryl methyl sites for hydroxylation is 1. The van der Waals surface area contributed by atoms with Crippen LogP contribution in [-0.2, 0) is 0 Å². The molecule has 0 bridgehead atoms. The van der Waals surface area contributed by atoms with Crippen LogP contribution < -0.4 is 16.8 Å². The van der Waals surface area contributed by atoms with E-state index in [9.17, 15) is 5.11 Å². The molecule has 0 unspecified atom stereocenters. The van der Waals surface area contributed by atoms with Crippen molar-refractivity contribution < 1.29 is 21.9 Å². The van der Waals surface area contributed by atoms with E-state index in [4.69, 9.17) is 0 Å². The van der Waals surface area contributed by atoms with E-state index in [0.717, 1.165) is 16.5 Å². The summed E-state index contributed by atoms with van der Waals surface area (Å²) in [5, 5.41) is 14.6. The molecule has 2 heterocycles. The van der Waals surface area contributed by atoms with E-state index >= 15 is 0 Å². The van der Waals surface area contributed by atoms with Gasteiger partial charge in [0.05, 0.1) is 10.8 Å². The van der Waals surface area contributed by atoms with Gasteiger partial charge in [-0.1, -0.05) is 30.3 Å². The number of phenolic OH excluding ortho intramolecular Hbond substituents is 1. The van der Waals surface area contributed by atoms with Crippen molar-refractivity contribution in [3.05, 3.63) is 66.5 Å². The average Bonchev–Trinajstić information content (AvgIpc) is 2.47. The van der Waals surface area contributed by atoms with Gasteiger partial charge < -0.3 is 17.5 Å². The molecule has 4 aromatic rings. The zero-order valence-electron chi connectivity index (χ0n) is 11.5. The topological polar surface area (TPSA) is 24.3 Å². The van der Waals surface area contributed by atoms with Crippen LogP contribution in [0.4, 0.5) is 0 Å². The first-order valence-electron chi connectivity index (χ1n) is 6.70. The summed E-state index contributed by atoms with van der Waals surface area (Å²) in [5.74, 6) is 0.336. The maximum Gasteiger partial charge on any atom is 0.219 e. The van der Waals surface area contributed by atoms with Crippen LogP contribution in [0.3, 0.4) is 0 Å². The van der Waals surface area contributed by atoms with Gasteiger partial charge >= 0.3 is 0 Å². The maximum atomic E-state index is 10.1. The minimum Gasteiger partial charge on any atom is -1.00 e. The lowest BCUT2D eigenvalue weighted by Crippen LogP contribution is -3.00. The van der Waals surface area contributed by atoms with Crippen molar-refractivity contribution >= 4 is 27.1 Å². The van der Waals surface area contributed by atoms with Crippen molar-refractivity contribution in [1.82, 2.24) is 0 Å². The Morgan fingerprint density at radius 2 is 1.67 bits per heavy atom. The number of benzene rings is 2. The Balaban J connectivity index is 0.00000132. The van der Waals surface area contributed by atoms with Crippen molar-refractivity contribution in [1.29, 1.82) is 0 Å². The molecule has 2 aromatic carbocycles. The highest BCUT2D eigenvalue weighted by atomic mass is 35.5. The molecule has 0 aliphatic heterocycles. The van der Waals surface area contributed by atoms with Gasteiger partial charge in [-0.3, -0.25) is 0 Å². The minimum absolute atomic E-state index is 0. The molecule has 0 saturated carbocycles. The van der Waals surface area contributed by atoms with Gasteiger partial charge in [0.25, 0.3) is 0 Å². The van der Waals surface area contributed by atoms with Gasteiger partial charge in [0.1, 0.15) is 5.75 Å². The number of phenols is 1. The van der Waals surface area contributed by atoms with Gasteiger partial charge in [0.2, 0.25) is 5.52 Å². The number of aromatic nitrogens is 1. The summed E-state index contributed by atoms with van der Waals surface area (Å²) >= 11 is 0. The third kappa shape index (κ3) is 1.91. The van der Waals surface area contributed by atoms with Crippen molar-refractivity contribution in [2.45, 2.75) is 6.92 Å². The summed E-state index contributed by atoms with van der Waals surface area (Å²) in [4.78, 5) is 0. The minimum atomic E-state index is 0. The van der Waals surface area contributed by atoms with Gasteiger partial charge in [0, 0.05) is 19.1 Å². The summed E-state index contributed by atoms with van der Waals surface area (Å²) in [6.45, 7) is 2.05. The van der Waals surface area contributed by atoms with E-state index in [1.807, 2.05) is 19.1 Å². The number of halogens is 1. The lowest BCUT2D eigenvalue weighted by atomic mass is 10.0. The summed E-state index contributed by atoms with van der Waals surface area (Å²) in [6.07, 6.45) is 2.07. The Labute approximate surface area is 128 Å². The van der Waals surface area contributed by atoms with Gasteiger partial charge in [0.15, 0.2) is 11.9 Å². The number of aromatic hydroxyl groups is 1. The highest BCUT2D eigenvalue weighted by molar-refractivity contribution is 5.99. The third-order valence-corrected chi connectivity index (χ3v) is 3.99. The Kier molecular flexibility index (Phi) is 3.19. The Morgan fingerprint density at radius 3 is 2.52 bits per heavy atom. The molecule has 1 N–H and O–H groups in total. The average molecular weight is 296 g/mol. The number of fused-ring (bicyclic) bond motifs is 4. The fourth-order valence-electron chi connectivity index (χ4n) is 3.02. The van der Waals surface area contributed by atoms with Crippen molar-refractivity contribution in [2.24, 2.45) is 0 Å². The summed E-state index contributed by atoms with van der Waals surface area (Å²) in [5.41, 5.74) is 2.22. The smallest absolute Gasteiger partial charge is 0.219 e. The Bertz CT molecular complexity index is 979. The summed E-state index contributed by atoms with van der Waals surface area (Å²) in [6, 6.07) is 18.3. The fraction of sp³-hybridized carbons (Fsp3) is 0.0556. The molecule has 0 saturated heterocycles. The highest BCUT2D eigenvalue weighted by Crippen LogP contribution is 2.28. The van der Waals surface area contributed by atoms with E-state index in [-0.39, 0.29) is 12.4 Å². The van der Waals surface area contributed by atoms with Crippen LogP contribution >= 0.6 is 0 Å². The molecule has 2 nitrogen and oxygen atoms in total. The highest BCUT2D eigenvalue weighted by Gasteiger charge is 2.16. The first-order chi connectivity index (χ1) is 9.75. The summed E-state index contributed by atoms with van der Waals surface area (Å²) < 4.78 is 2.14. The maximum absolute atomic E-state index is 10.1. The monoisotopic (exact) mass is 295 g/mol. The second kappa shape index (κ2) is 4.90. The SMILES string of the molecule is Cc1c2c(O)cccc2cc2c3ccccc3cc[n+]12.[Cl-]. The van der Waals surface area contributed by atoms with E-state index in [2.05, 4.69) is 47.0 Å². The number of nitrogens with zero attached hydrogens (tertiary/aromatic N) is 1. The van der Waals surface area contributed by atoms with Gasteiger partial charge in [-0.05, 0) is 22.9 Å². The number of pyridine rings is 2. The Hall–Kier alpha value is -2.32. The first-order valence-corrected chi connectivity index (χ1v) is 6.70. The fourth-order valence-corrected chi connectivity index (χ4v) is 3.02. The standard InChI is InChI=1S/C18H13NO.ClH/c1-12-18-14(6-4-8-17(18)20)11-16-15-7-3-2-5-13(15)9-10-19(12)16;/h2-11H,1H3;1H. The Morgan fingerprint density at radius 1 is 0.905 bits per heavy atom. The number of rotatable bonds is 0. The molecule has 0 radical (unpaired) electrons. The van der Waals surface area contributed by atoms with E-state index in [1.54, 1.807) is 6.07 Å². The van der Waals surface area contributed by atoms with Crippen LogP contribution in [0.2, 0.25) is 0 Å². The molecular weight excluding hydrogens is 282 g/mol. The molecule has 2 aromatic heterocycles. The number of hydrogen-bond acceptors (Lipinski definition) is 1. The normalized spacial score (nSPS) is 10.9. The second-order valence-corrected chi connectivity index (χ2v) is 5.13. The zero-order valence-corrected chi connectivity index (χ0v) is 12.3. The summed E-state index contributed by atoms with van der Waals surface area (Å²) in [7, 11) is 0. The molecule has 0 amide bonds. The van der Waals surface area contributed by atoms with Crippen LogP contribution in [0.5, 0.6) is 5.75 Å². The van der Waals surface area contributed by atoms with Crippen LogP contribution in [-0.4, -0.2) is 5.11 Å². The number of hydrogen-bond donors (Lipinski definition) is 1. The van der Waals surface area contributed by atoms with Crippen molar-refractivity contribution in [2.75, 3.05) is 0 Å². The molecule has 104 valence electrons. The first kappa shape index (κ1) is 13.7. The van der Waals surface area contributed by atoms with Gasteiger partial charge in [-0.25, -0.2) is 0 Å². The van der Waals surface area contributed by atoms with E-state index < -0.39 is 0 Å². The van der Waals surface area contributed by atoms with Gasteiger partial charge in [-0.15, -0.1) is 0 Å². The molecule has 21 heavy (non-hydrogen) atoms. The lowest BCUT2D eigenvalue weighted by Gasteiger charge is -2.05. The molecule has 3 heteroatoms. The lowest BCUT2D eigenvalue weighted by molar-refractivity contribution is -0.516. The van der Waals surface area contributed by atoms with E-state index in [0.29, 0.717) is 5.75 Å². The quantitative estimate of drug-likeness (QED) is 0.289. The van der Waals surface area contributed by atoms with Crippen molar-refractivity contribution in [3.8, 4) is 5.75 Å². The molecule has 0 spiro atoms. The second-order valence-electron chi connectivity index (χ2n) is 5.13. The largest absolute Gasteiger partial charge is 1.00 e. The van der Waals surface area contributed by atoms with E-state index in [1.165, 1.54) is 16.3 Å². The van der Waals surface area contributed by atoms with Crippen LogP contribution in [0.1, 0.15) is 5.69 Å². The van der Waals surface area contributed by atoms with Crippen molar-refractivity contribution in [3.63, 3.8) is 0 Å². The predicted octanol–water partition coefficient (Wildman–Crippen LogP) is 0.750. The van der Waals surface area contributed by atoms with Crippen LogP contribution in [0.25, 0.3) is 27.1 Å². The van der Waals surface area contributed by atoms with Crippen LogP contribution in [0.15, 0.2) is 60.8 Å². The molecule has 0 aliphatic carbocycles. The molecule has 0 fully saturated rings. The van der Waals surface area contributed by atoms with Gasteiger partial charge in [-0.2, -0.15) is 4.40 Å². The van der Waals surface area contributed by atoms with Crippen LogP contribution in [0, 0.1) is 6.92 Å². The molecule has 0 aliphatic rings. The molecule has 4 rings (SSSR count). The third-order valence-electron chi connectivity index (χ3n) is 3.99. The molecular formula is C18H14ClNO. The zero-order chi connectivity index (χ0) is 13.7.